The lowest BCUT2D eigenvalue weighted by Gasteiger charge is -2.04. The highest BCUT2D eigenvalue weighted by Crippen LogP contribution is 2.22. The second kappa shape index (κ2) is 9.33. The van der Waals surface area contributed by atoms with Gasteiger partial charge in [0.15, 0.2) is 11.5 Å². The van der Waals surface area contributed by atoms with E-state index in [4.69, 9.17) is 20.9 Å². The van der Waals surface area contributed by atoms with Gasteiger partial charge >= 0.3 is 0 Å². The number of nitrogens with zero attached hydrogens (tertiary/aromatic N) is 1. The van der Waals surface area contributed by atoms with Crippen molar-refractivity contribution >= 4 is 17.5 Å². The molecule has 1 heterocycles. The summed E-state index contributed by atoms with van der Waals surface area (Å²) in [6.45, 7) is 4.10. The minimum Gasteiger partial charge on any atom is -0.381 e. The molecule has 0 radical (unpaired) electrons. The fourth-order valence-electron chi connectivity index (χ4n) is 1.95. The summed E-state index contributed by atoms with van der Waals surface area (Å²) in [4.78, 5) is 12.0. The maximum Gasteiger partial charge on any atom is 0.273 e. The minimum absolute atomic E-state index is 0.248. The van der Waals surface area contributed by atoms with Gasteiger partial charge in [-0.2, -0.15) is 0 Å². The van der Waals surface area contributed by atoms with Crippen molar-refractivity contribution in [2.24, 2.45) is 0 Å². The molecular weight excluding hydrogens is 316 g/mol. The van der Waals surface area contributed by atoms with Crippen LogP contribution in [0.15, 0.2) is 34.9 Å². The number of carbonyl (C=O) groups is 1. The van der Waals surface area contributed by atoms with E-state index in [2.05, 4.69) is 17.4 Å². The van der Waals surface area contributed by atoms with Crippen LogP contribution in [0.1, 0.15) is 36.7 Å². The van der Waals surface area contributed by atoms with Gasteiger partial charge in [0, 0.05) is 36.4 Å². The van der Waals surface area contributed by atoms with Crippen molar-refractivity contribution < 1.29 is 14.1 Å². The quantitative estimate of drug-likeness (QED) is 0.705. The molecule has 2 aromatic rings. The van der Waals surface area contributed by atoms with Crippen LogP contribution in [-0.2, 0) is 4.74 Å². The van der Waals surface area contributed by atoms with Gasteiger partial charge in [0.25, 0.3) is 5.91 Å². The Balaban J connectivity index is 1.76. The summed E-state index contributed by atoms with van der Waals surface area (Å²) >= 11 is 5.85. The van der Waals surface area contributed by atoms with Gasteiger partial charge < -0.3 is 14.6 Å². The third kappa shape index (κ3) is 5.69. The second-order valence-corrected chi connectivity index (χ2v) is 5.60. The molecule has 0 aliphatic heterocycles. The Labute approximate surface area is 141 Å². The molecule has 0 aliphatic carbocycles. The SMILES string of the molecule is CCCCOCCCNC(=O)c1cc(-c2ccc(Cl)cc2)on1. The van der Waals surface area contributed by atoms with Crippen molar-refractivity contribution in [1.82, 2.24) is 10.5 Å². The molecule has 5 nitrogen and oxygen atoms in total. The third-order valence-corrected chi connectivity index (χ3v) is 3.52. The van der Waals surface area contributed by atoms with Crippen molar-refractivity contribution in [3.05, 3.63) is 41.0 Å². The van der Waals surface area contributed by atoms with Gasteiger partial charge in [0.05, 0.1) is 0 Å². The number of aromatic nitrogens is 1. The lowest BCUT2D eigenvalue weighted by Crippen LogP contribution is -2.25. The molecule has 124 valence electrons. The second-order valence-electron chi connectivity index (χ2n) is 5.16. The molecule has 1 N–H and O–H groups in total. The predicted octanol–water partition coefficient (Wildman–Crippen LogP) is 3.93. The van der Waals surface area contributed by atoms with Gasteiger partial charge in [-0.15, -0.1) is 0 Å². The fraction of sp³-hybridized carbons (Fsp3) is 0.412. The van der Waals surface area contributed by atoms with E-state index < -0.39 is 0 Å². The highest BCUT2D eigenvalue weighted by molar-refractivity contribution is 6.30. The molecule has 1 aromatic carbocycles. The molecule has 1 amide bonds. The molecule has 0 saturated carbocycles. The summed E-state index contributed by atoms with van der Waals surface area (Å²) in [5, 5.41) is 7.25. The van der Waals surface area contributed by atoms with E-state index in [9.17, 15) is 4.79 Å². The lowest BCUT2D eigenvalue weighted by molar-refractivity contribution is 0.0931. The van der Waals surface area contributed by atoms with Crippen LogP contribution in [0, 0.1) is 0 Å². The van der Waals surface area contributed by atoms with Crippen LogP contribution >= 0.6 is 11.6 Å². The zero-order valence-corrected chi connectivity index (χ0v) is 13.9. The van der Waals surface area contributed by atoms with E-state index in [1.54, 1.807) is 18.2 Å². The standard InChI is InChI=1S/C17H21ClN2O3/c1-2-3-10-22-11-4-9-19-17(21)15-12-16(23-20-15)13-5-7-14(18)8-6-13/h5-8,12H,2-4,9-11H2,1H3,(H,19,21). The Bertz CT molecular complexity index is 611. The average Bonchev–Trinajstić information content (AvgIpc) is 3.04. The van der Waals surface area contributed by atoms with E-state index in [-0.39, 0.29) is 11.6 Å². The number of hydrogen-bond donors (Lipinski definition) is 1. The Morgan fingerprint density at radius 1 is 1.26 bits per heavy atom. The predicted molar refractivity (Wildman–Crippen MR) is 89.6 cm³/mol. The van der Waals surface area contributed by atoms with Crippen LogP contribution in [0.5, 0.6) is 0 Å². The normalized spacial score (nSPS) is 10.7. The van der Waals surface area contributed by atoms with E-state index >= 15 is 0 Å². The Hall–Kier alpha value is -1.85. The van der Waals surface area contributed by atoms with Crippen LogP contribution in [-0.4, -0.2) is 30.8 Å². The summed E-state index contributed by atoms with van der Waals surface area (Å²) < 4.78 is 10.6. The third-order valence-electron chi connectivity index (χ3n) is 3.26. The average molecular weight is 337 g/mol. The molecule has 0 aliphatic rings. The summed E-state index contributed by atoms with van der Waals surface area (Å²) in [7, 11) is 0. The van der Waals surface area contributed by atoms with Gasteiger partial charge in [-0.3, -0.25) is 4.79 Å². The number of halogens is 1. The van der Waals surface area contributed by atoms with Crippen LogP contribution in [0.25, 0.3) is 11.3 Å². The van der Waals surface area contributed by atoms with Crippen LogP contribution in [0.2, 0.25) is 5.02 Å². The topological polar surface area (TPSA) is 64.4 Å². The fourth-order valence-corrected chi connectivity index (χ4v) is 2.07. The zero-order chi connectivity index (χ0) is 16.5. The molecule has 0 saturated heterocycles. The largest absolute Gasteiger partial charge is 0.381 e. The minimum atomic E-state index is -0.248. The van der Waals surface area contributed by atoms with E-state index in [1.807, 2.05) is 12.1 Å². The molecule has 23 heavy (non-hydrogen) atoms. The first kappa shape index (κ1) is 17.5. The summed E-state index contributed by atoms with van der Waals surface area (Å²) in [5.41, 5.74) is 1.09. The van der Waals surface area contributed by atoms with Crippen molar-refractivity contribution in [2.45, 2.75) is 26.2 Å². The zero-order valence-electron chi connectivity index (χ0n) is 13.2. The number of benzene rings is 1. The van der Waals surface area contributed by atoms with Gasteiger partial charge in [0.1, 0.15) is 0 Å². The number of carbonyl (C=O) groups excluding carboxylic acids is 1. The van der Waals surface area contributed by atoms with Gasteiger partial charge in [0.2, 0.25) is 0 Å². The first-order valence-electron chi connectivity index (χ1n) is 7.79. The maximum absolute atomic E-state index is 12.0. The van der Waals surface area contributed by atoms with Crippen molar-refractivity contribution in [2.75, 3.05) is 19.8 Å². The smallest absolute Gasteiger partial charge is 0.273 e. The maximum atomic E-state index is 12.0. The lowest BCUT2D eigenvalue weighted by atomic mass is 10.1. The van der Waals surface area contributed by atoms with Crippen molar-refractivity contribution in [3.63, 3.8) is 0 Å². The summed E-state index contributed by atoms with van der Waals surface area (Å²) in [5.74, 6) is 0.289. The molecule has 6 heteroatoms. The number of amides is 1. The van der Waals surface area contributed by atoms with Crippen LogP contribution in [0.4, 0.5) is 0 Å². The highest BCUT2D eigenvalue weighted by Gasteiger charge is 2.13. The van der Waals surface area contributed by atoms with Crippen LogP contribution < -0.4 is 5.32 Å². The first-order chi connectivity index (χ1) is 11.2. The van der Waals surface area contributed by atoms with Crippen molar-refractivity contribution in [3.8, 4) is 11.3 Å². The molecular formula is C17H21ClN2O3. The first-order valence-corrected chi connectivity index (χ1v) is 8.17. The van der Waals surface area contributed by atoms with Crippen LogP contribution in [0.3, 0.4) is 0 Å². The van der Waals surface area contributed by atoms with E-state index in [0.717, 1.165) is 31.4 Å². The number of hydrogen-bond acceptors (Lipinski definition) is 4. The van der Waals surface area contributed by atoms with Gasteiger partial charge in [-0.05, 0) is 37.1 Å². The van der Waals surface area contributed by atoms with E-state index in [0.29, 0.717) is 23.9 Å². The molecule has 0 atom stereocenters. The highest BCUT2D eigenvalue weighted by atomic mass is 35.5. The van der Waals surface area contributed by atoms with Gasteiger partial charge in [-0.25, -0.2) is 0 Å². The Kier molecular flexibility index (Phi) is 7.10. The molecule has 0 spiro atoms. The summed E-state index contributed by atoms with van der Waals surface area (Å²) in [6, 6.07) is 8.78. The monoisotopic (exact) mass is 336 g/mol. The number of ether oxygens (including phenoxy) is 1. The van der Waals surface area contributed by atoms with Gasteiger partial charge in [-0.1, -0.05) is 30.1 Å². The number of nitrogens with one attached hydrogen (secondary N) is 1. The summed E-state index contributed by atoms with van der Waals surface area (Å²) in [6.07, 6.45) is 2.97. The van der Waals surface area contributed by atoms with E-state index in [1.165, 1.54) is 0 Å². The number of rotatable bonds is 9. The molecule has 0 bridgehead atoms. The Morgan fingerprint density at radius 2 is 2.00 bits per heavy atom. The molecule has 2 rings (SSSR count). The number of unbranched alkanes of at least 4 members (excludes halogenated alkanes) is 1. The molecule has 0 fully saturated rings. The molecule has 0 unspecified atom stereocenters. The molecule has 1 aromatic heterocycles. The van der Waals surface area contributed by atoms with Crippen molar-refractivity contribution in [1.29, 1.82) is 0 Å². The Morgan fingerprint density at radius 3 is 2.74 bits per heavy atom.